The summed E-state index contributed by atoms with van der Waals surface area (Å²) in [5.41, 5.74) is 1.22. The first-order chi connectivity index (χ1) is 12.7. The van der Waals surface area contributed by atoms with Crippen LogP contribution in [0.4, 0.5) is 11.6 Å². The zero-order chi connectivity index (χ0) is 17.9. The number of anilines is 2. The molecule has 0 unspecified atom stereocenters. The Labute approximate surface area is 155 Å². The van der Waals surface area contributed by atoms with Crippen LogP contribution in [-0.2, 0) is 6.54 Å². The van der Waals surface area contributed by atoms with Gasteiger partial charge in [0.2, 0.25) is 0 Å². The van der Waals surface area contributed by atoms with Gasteiger partial charge in [0.25, 0.3) is 0 Å². The summed E-state index contributed by atoms with van der Waals surface area (Å²) in [7, 11) is 0. The number of hydrogen-bond acceptors (Lipinski definition) is 6. The molecule has 2 saturated heterocycles. The topological polar surface area (TPSA) is 53.3 Å². The molecule has 7 heteroatoms. The highest BCUT2D eigenvalue weighted by Crippen LogP contribution is 2.23. The highest BCUT2D eigenvalue weighted by Gasteiger charge is 2.21. The van der Waals surface area contributed by atoms with Gasteiger partial charge in [-0.25, -0.2) is 9.97 Å². The Hall–Kier alpha value is -2.15. The maximum atomic E-state index is 4.71. The molecule has 0 atom stereocenters. The summed E-state index contributed by atoms with van der Waals surface area (Å²) in [6, 6.07) is 2.18. The molecule has 0 bridgehead atoms. The van der Waals surface area contributed by atoms with Crippen molar-refractivity contribution >= 4 is 11.6 Å². The second kappa shape index (κ2) is 7.61. The summed E-state index contributed by atoms with van der Waals surface area (Å²) >= 11 is 0. The van der Waals surface area contributed by atoms with Crippen molar-refractivity contribution in [2.45, 2.75) is 33.2 Å². The Morgan fingerprint density at radius 2 is 1.50 bits per heavy atom. The van der Waals surface area contributed by atoms with Gasteiger partial charge in [0.1, 0.15) is 17.5 Å². The van der Waals surface area contributed by atoms with Crippen LogP contribution in [0.1, 0.15) is 24.2 Å². The van der Waals surface area contributed by atoms with E-state index in [1.807, 2.05) is 17.8 Å². The molecule has 2 fully saturated rings. The Morgan fingerprint density at radius 3 is 2.12 bits per heavy atom. The van der Waals surface area contributed by atoms with Crippen molar-refractivity contribution in [1.82, 2.24) is 24.6 Å². The first-order valence-electron chi connectivity index (χ1n) is 9.74. The molecule has 0 N–H and O–H groups in total. The fraction of sp³-hybridized carbons (Fsp3) is 0.632. The maximum absolute atomic E-state index is 4.71. The number of aromatic nitrogens is 4. The van der Waals surface area contributed by atoms with Crippen molar-refractivity contribution in [3.05, 3.63) is 29.8 Å². The zero-order valence-electron chi connectivity index (χ0n) is 15.9. The van der Waals surface area contributed by atoms with Crippen LogP contribution in [0.2, 0.25) is 0 Å². The quantitative estimate of drug-likeness (QED) is 0.814. The van der Waals surface area contributed by atoms with Crippen LogP contribution < -0.4 is 9.80 Å². The van der Waals surface area contributed by atoms with Crippen LogP contribution in [0, 0.1) is 13.8 Å². The van der Waals surface area contributed by atoms with Crippen LogP contribution >= 0.6 is 0 Å². The number of nitrogens with zero attached hydrogens (tertiary/aromatic N) is 7. The van der Waals surface area contributed by atoms with Gasteiger partial charge in [-0.15, -0.1) is 0 Å². The molecule has 0 aromatic carbocycles. The van der Waals surface area contributed by atoms with E-state index in [1.165, 1.54) is 18.4 Å². The van der Waals surface area contributed by atoms with Crippen LogP contribution in [0.3, 0.4) is 0 Å². The monoisotopic (exact) mass is 355 g/mol. The fourth-order valence-corrected chi connectivity index (χ4v) is 3.84. The first-order valence-corrected chi connectivity index (χ1v) is 9.74. The second-order valence-corrected chi connectivity index (χ2v) is 7.44. The maximum Gasteiger partial charge on any atom is 0.134 e. The minimum Gasteiger partial charge on any atom is -0.356 e. The molecule has 140 valence electrons. The third kappa shape index (κ3) is 3.98. The van der Waals surface area contributed by atoms with E-state index in [0.717, 1.165) is 69.8 Å². The molecule has 4 rings (SSSR count). The molecule has 4 heterocycles. The van der Waals surface area contributed by atoms with E-state index in [0.29, 0.717) is 0 Å². The van der Waals surface area contributed by atoms with Crippen molar-refractivity contribution in [2.24, 2.45) is 0 Å². The van der Waals surface area contributed by atoms with Gasteiger partial charge in [-0.1, -0.05) is 0 Å². The fourth-order valence-electron chi connectivity index (χ4n) is 3.84. The number of aryl methyl sites for hydroxylation is 2. The third-order valence-electron chi connectivity index (χ3n) is 5.34. The summed E-state index contributed by atoms with van der Waals surface area (Å²) in [4.78, 5) is 16.7. The molecule has 2 aliphatic rings. The molecular formula is C19H29N7. The van der Waals surface area contributed by atoms with Crippen LogP contribution in [0.25, 0.3) is 0 Å². The molecule has 0 saturated carbocycles. The SMILES string of the molecule is Cc1cnn(CCN2CCN(c3cc(N4CCCC4)nc(C)n3)CC2)c1. The Kier molecular flexibility index (Phi) is 5.06. The van der Waals surface area contributed by atoms with Crippen molar-refractivity contribution in [1.29, 1.82) is 0 Å². The molecule has 2 aliphatic heterocycles. The van der Waals surface area contributed by atoms with E-state index in [9.17, 15) is 0 Å². The summed E-state index contributed by atoms with van der Waals surface area (Å²) in [5, 5.41) is 4.38. The van der Waals surface area contributed by atoms with Gasteiger partial charge in [0, 0.05) is 58.1 Å². The molecule has 0 spiro atoms. The normalized spacial score (nSPS) is 18.7. The van der Waals surface area contributed by atoms with E-state index >= 15 is 0 Å². The molecule has 2 aromatic heterocycles. The summed E-state index contributed by atoms with van der Waals surface area (Å²) in [6.45, 7) is 12.5. The average molecular weight is 355 g/mol. The lowest BCUT2D eigenvalue weighted by Crippen LogP contribution is -2.47. The lowest BCUT2D eigenvalue weighted by atomic mass is 10.3. The van der Waals surface area contributed by atoms with Crippen LogP contribution in [0.5, 0.6) is 0 Å². The molecule has 0 amide bonds. The largest absolute Gasteiger partial charge is 0.356 e. The van der Waals surface area contributed by atoms with Gasteiger partial charge in [-0.2, -0.15) is 5.10 Å². The smallest absolute Gasteiger partial charge is 0.134 e. The molecule has 0 radical (unpaired) electrons. The van der Waals surface area contributed by atoms with E-state index < -0.39 is 0 Å². The Morgan fingerprint density at radius 1 is 0.846 bits per heavy atom. The molecule has 7 nitrogen and oxygen atoms in total. The van der Waals surface area contributed by atoms with Crippen LogP contribution in [0.15, 0.2) is 18.5 Å². The minimum atomic E-state index is 0.876. The summed E-state index contributed by atoms with van der Waals surface area (Å²) < 4.78 is 2.04. The molecule has 26 heavy (non-hydrogen) atoms. The third-order valence-corrected chi connectivity index (χ3v) is 5.34. The van der Waals surface area contributed by atoms with Crippen molar-refractivity contribution in [2.75, 3.05) is 55.6 Å². The van der Waals surface area contributed by atoms with Crippen molar-refractivity contribution < 1.29 is 0 Å². The zero-order valence-corrected chi connectivity index (χ0v) is 15.9. The predicted octanol–water partition coefficient (Wildman–Crippen LogP) is 1.71. The van der Waals surface area contributed by atoms with Gasteiger partial charge >= 0.3 is 0 Å². The van der Waals surface area contributed by atoms with E-state index in [1.54, 1.807) is 0 Å². The van der Waals surface area contributed by atoms with Gasteiger partial charge in [-0.3, -0.25) is 9.58 Å². The van der Waals surface area contributed by atoms with Gasteiger partial charge in [0.05, 0.1) is 12.7 Å². The van der Waals surface area contributed by atoms with Crippen molar-refractivity contribution in [3.63, 3.8) is 0 Å². The Bertz CT molecular complexity index is 727. The lowest BCUT2D eigenvalue weighted by molar-refractivity contribution is 0.244. The molecular weight excluding hydrogens is 326 g/mol. The van der Waals surface area contributed by atoms with Gasteiger partial charge < -0.3 is 9.80 Å². The second-order valence-electron chi connectivity index (χ2n) is 7.44. The first kappa shape index (κ1) is 17.3. The highest BCUT2D eigenvalue weighted by molar-refractivity contribution is 5.51. The van der Waals surface area contributed by atoms with Gasteiger partial charge in [-0.05, 0) is 32.3 Å². The van der Waals surface area contributed by atoms with Crippen LogP contribution in [-0.4, -0.2) is 70.5 Å². The van der Waals surface area contributed by atoms with E-state index in [2.05, 4.69) is 44.0 Å². The predicted molar refractivity (Wildman–Crippen MR) is 104 cm³/mol. The summed E-state index contributed by atoms with van der Waals surface area (Å²) in [5.74, 6) is 3.06. The highest BCUT2D eigenvalue weighted by atomic mass is 15.3. The lowest BCUT2D eigenvalue weighted by Gasteiger charge is -2.35. The summed E-state index contributed by atoms with van der Waals surface area (Å²) in [6.07, 6.45) is 6.58. The van der Waals surface area contributed by atoms with Crippen molar-refractivity contribution in [3.8, 4) is 0 Å². The number of piperazine rings is 1. The Balaban J connectivity index is 1.34. The average Bonchev–Trinajstić information content (AvgIpc) is 3.32. The molecule has 0 aliphatic carbocycles. The standard InChI is InChI=1S/C19H29N7/c1-16-14-20-26(15-16)12-9-23-7-10-25(11-8-23)19-13-18(21-17(2)22-19)24-5-3-4-6-24/h13-15H,3-12H2,1-2H3. The van der Waals surface area contributed by atoms with E-state index in [4.69, 9.17) is 4.98 Å². The number of rotatable bonds is 5. The number of hydrogen-bond donors (Lipinski definition) is 0. The van der Waals surface area contributed by atoms with E-state index in [-0.39, 0.29) is 0 Å². The molecule has 2 aromatic rings. The minimum absolute atomic E-state index is 0.876. The van der Waals surface area contributed by atoms with Gasteiger partial charge in [0.15, 0.2) is 0 Å².